The molecule has 0 aliphatic carbocycles. The van der Waals surface area contributed by atoms with Gasteiger partial charge in [-0.1, -0.05) is 6.07 Å². The zero-order valence-corrected chi connectivity index (χ0v) is 20.3. The van der Waals surface area contributed by atoms with Crippen LogP contribution in [0.2, 0.25) is 0 Å². The molecule has 0 unspecified atom stereocenters. The molecule has 0 bridgehead atoms. The van der Waals surface area contributed by atoms with Crippen LogP contribution in [-0.2, 0) is 16.1 Å². The Hall–Kier alpha value is -3.95. The molecule has 3 heterocycles. The number of amides is 2. The molecule has 1 atom stereocenters. The van der Waals surface area contributed by atoms with E-state index < -0.39 is 23.4 Å². The van der Waals surface area contributed by atoms with Gasteiger partial charge in [-0.2, -0.15) is 4.98 Å². The van der Waals surface area contributed by atoms with E-state index in [1.54, 1.807) is 57.1 Å². The summed E-state index contributed by atoms with van der Waals surface area (Å²) in [5, 5.41) is 5.85. The molecule has 10 heteroatoms. The Morgan fingerprint density at radius 2 is 2.06 bits per heavy atom. The first-order valence-corrected chi connectivity index (χ1v) is 11.5. The van der Waals surface area contributed by atoms with Gasteiger partial charge in [0.2, 0.25) is 5.91 Å². The van der Waals surface area contributed by atoms with E-state index in [1.807, 2.05) is 12.1 Å². The van der Waals surface area contributed by atoms with E-state index in [-0.39, 0.29) is 17.3 Å². The zero-order chi connectivity index (χ0) is 25.2. The number of pyridine rings is 1. The number of fused-ring (bicyclic) bond motifs is 1. The smallest absolute Gasteiger partial charge is 0.412 e. The molecule has 1 saturated heterocycles. The highest BCUT2D eigenvalue weighted by molar-refractivity contribution is 5.93. The zero-order valence-electron chi connectivity index (χ0n) is 20.3. The standard InChI is InChI=1S/C25H29N5O5/c1-15-17(29-24(33)35-25(2,3)4)9-10-18-20(15)22(32)34-23(28-18)30-12-6-8-19(30)21(31)27-14-16-7-5-11-26-13-16/h5,7,9-11,13,19H,6,8,12,14H2,1-4H3,(H,27,31)(H,29,33)/t19-/m0/s1. The third-order valence-corrected chi connectivity index (χ3v) is 5.67. The van der Waals surface area contributed by atoms with Crippen LogP contribution in [0.4, 0.5) is 16.5 Å². The fourth-order valence-electron chi connectivity index (χ4n) is 4.06. The summed E-state index contributed by atoms with van der Waals surface area (Å²) in [6, 6.07) is 6.62. The second-order valence-electron chi connectivity index (χ2n) is 9.47. The van der Waals surface area contributed by atoms with Gasteiger partial charge in [0.1, 0.15) is 11.6 Å². The lowest BCUT2D eigenvalue weighted by molar-refractivity contribution is -0.122. The van der Waals surface area contributed by atoms with Crippen LogP contribution in [0.15, 0.2) is 45.9 Å². The minimum absolute atomic E-state index is 0.105. The number of nitrogens with zero attached hydrogens (tertiary/aromatic N) is 3. The quantitative estimate of drug-likeness (QED) is 0.569. The molecule has 0 spiro atoms. The maximum Gasteiger partial charge on any atom is 0.412 e. The number of rotatable bonds is 5. The number of hydrogen-bond acceptors (Lipinski definition) is 8. The van der Waals surface area contributed by atoms with Crippen LogP contribution in [0, 0.1) is 6.92 Å². The van der Waals surface area contributed by atoms with Crippen molar-refractivity contribution in [3.63, 3.8) is 0 Å². The number of aromatic nitrogens is 2. The number of ether oxygens (including phenoxy) is 1. The van der Waals surface area contributed by atoms with Gasteiger partial charge >= 0.3 is 17.7 Å². The molecule has 1 aliphatic heterocycles. The molecular weight excluding hydrogens is 450 g/mol. The Labute approximate surface area is 202 Å². The maximum atomic E-state index is 12.9. The molecule has 2 amide bonds. The number of carbonyl (C=O) groups is 2. The third kappa shape index (κ3) is 5.59. The monoisotopic (exact) mass is 479 g/mol. The summed E-state index contributed by atoms with van der Waals surface area (Å²) in [6.45, 7) is 7.92. The predicted molar refractivity (Wildman–Crippen MR) is 131 cm³/mol. The molecule has 2 N–H and O–H groups in total. The molecule has 3 aromatic rings. The molecule has 184 valence electrons. The third-order valence-electron chi connectivity index (χ3n) is 5.67. The van der Waals surface area contributed by atoms with Gasteiger partial charge in [0, 0.05) is 31.2 Å². The summed E-state index contributed by atoms with van der Waals surface area (Å²) in [7, 11) is 0. The molecule has 1 fully saturated rings. The van der Waals surface area contributed by atoms with E-state index in [9.17, 15) is 14.4 Å². The van der Waals surface area contributed by atoms with E-state index in [0.29, 0.717) is 36.3 Å². The van der Waals surface area contributed by atoms with Crippen molar-refractivity contribution in [1.29, 1.82) is 0 Å². The van der Waals surface area contributed by atoms with E-state index in [2.05, 4.69) is 20.6 Å². The molecule has 35 heavy (non-hydrogen) atoms. The van der Waals surface area contributed by atoms with Gasteiger partial charge in [-0.25, -0.2) is 9.59 Å². The van der Waals surface area contributed by atoms with Crippen LogP contribution in [0.25, 0.3) is 10.9 Å². The molecule has 0 saturated carbocycles. The fraction of sp³-hybridized carbons (Fsp3) is 0.400. The molecule has 4 rings (SSSR count). The van der Waals surface area contributed by atoms with Gasteiger partial charge in [-0.05, 0) is 69.9 Å². The summed E-state index contributed by atoms with van der Waals surface area (Å²) in [5.74, 6) is -0.163. The van der Waals surface area contributed by atoms with E-state index >= 15 is 0 Å². The number of aryl methyl sites for hydroxylation is 1. The summed E-state index contributed by atoms with van der Waals surface area (Å²) in [4.78, 5) is 48.3. The van der Waals surface area contributed by atoms with Gasteiger partial charge in [-0.3, -0.25) is 15.1 Å². The molecule has 1 aromatic carbocycles. The molecular formula is C25H29N5O5. The first-order chi connectivity index (χ1) is 16.6. The number of anilines is 2. The molecule has 10 nitrogen and oxygen atoms in total. The van der Waals surface area contributed by atoms with Crippen molar-refractivity contribution < 1.29 is 18.7 Å². The minimum Gasteiger partial charge on any atom is -0.444 e. The number of carbonyl (C=O) groups excluding carboxylic acids is 2. The molecule has 0 radical (unpaired) electrons. The second-order valence-corrected chi connectivity index (χ2v) is 9.47. The van der Waals surface area contributed by atoms with Crippen LogP contribution >= 0.6 is 0 Å². The van der Waals surface area contributed by atoms with Gasteiger partial charge in [0.25, 0.3) is 0 Å². The van der Waals surface area contributed by atoms with Crippen molar-refractivity contribution in [1.82, 2.24) is 15.3 Å². The maximum absolute atomic E-state index is 12.9. The topological polar surface area (TPSA) is 127 Å². The van der Waals surface area contributed by atoms with Crippen molar-refractivity contribution >= 4 is 34.6 Å². The first kappa shape index (κ1) is 24.2. The Morgan fingerprint density at radius 1 is 1.26 bits per heavy atom. The van der Waals surface area contributed by atoms with Crippen molar-refractivity contribution in [2.45, 2.75) is 58.7 Å². The van der Waals surface area contributed by atoms with Crippen molar-refractivity contribution in [3.05, 3.63) is 58.2 Å². The van der Waals surface area contributed by atoms with Crippen molar-refractivity contribution in [3.8, 4) is 0 Å². The Morgan fingerprint density at radius 3 is 2.77 bits per heavy atom. The Balaban J connectivity index is 1.55. The van der Waals surface area contributed by atoms with Crippen LogP contribution in [-0.4, -0.2) is 40.2 Å². The number of benzene rings is 1. The minimum atomic E-state index is -0.652. The average Bonchev–Trinajstić information content (AvgIpc) is 3.29. The summed E-state index contributed by atoms with van der Waals surface area (Å²) in [6.07, 6.45) is 4.15. The van der Waals surface area contributed by atoms with Crippen LogP contribution in [0.3, 0.4) is 0 Å². The predicted octanol–water partition coefficient (Wildman–Crippen LogP) is 3.52. The SMILES string of the molecule is Cc1c(NC(=O)OC(C)(C)C)ccc2nc(N3CCC[C@H]3C(=O)NCc3cccnc3)oc(=O)c12. The lowest BCUT2D eigenvalue weighted by Gasteiger charge is -2.23. The Kier molecular flexibility index (Phi) is 6.72. The van der Waals surface area contributed by atoms with E-state index in [1.165, 1.54) is 0 Å². The van der Waals surface area contributed by atoms with Gasteiger partial charge in [0.05, 0.1) is 10.9 Å². The van der Waals surface area contributed by atoms with Crippen LogP contribution in [0.5, 0.6) is 0 Å². The lowest BCUT2D eigenvalue weighted by Crippen LogP contribution is -2.43. The van der Waals surface area contributed by atoms with Gasteiger partial charge in [0.15, 0.2) is 0 Å². The highest BCUT2D eigenvalue weighted by Crippen LogP contribution is 2.28. The molecule has 1 aliphatic rings. The summed E-state index contributed by atoms with van der Waals surface area (Å²) >= 11 is 0. The first-order valence-electron chi connectivity index (χ1n) is 11.5. The van der Waals surface area contributed by atoms with Crippen LogP contribution in [0.1, 0.15) is 44.7 Å². The largest absolute Gasteiger partial charge is 0.444 e. The lowest BCUT2D eigenvalue weighted by atomic mass is 10.1. The second kappa shape index (κ2) is 9.73. The summed E-state index contributed by atoms with van der Waals surface area (Å²) in [5.41, 5.74) is 1.03. The Bertz CT molecular complexity index is 1300. The number of nitrogens with one attached hydrogen (secondary N) is 2. The fourth-order valence-corrected chi connectivity index (χ4v) is 4.06. The normalized spacial score (nSPS) is 15.8. The van der Waals surface area contributed by atoms with Gasteiger partial charge in [-0.15, -0.1) is 0 Å². The average molecular weight is 480 g/mol. The highest BCUT2D eigenvalue weighted by Gasteiger charge is 2.33. The van der Waals surface area contributed by atoms with Crippen LogP contribution < -0.4 is 21.2 Å². The number of hydrogen-bond donors (Lipinski definition) is 2. The van der Waals surface area contributed by atoms with Gasteiger partial charge < -0.3 is 19.4 Å². The van der Waals surface area contributed by atoms with Crippen molar-refractivity contribution in [2.75, 3.05) is 16.8 Å². The van der Waals surface area contributed by atoms with E-state index in [0.717, 1.165) is 12.0 Å². The van der Waals surface area contributed by atoms with E-state index in [4.69, 9.17) is 9.15 Å². The molecule has 2 aromatic heterocycles. The highest BCUT2D eigenvalue weighted by atomic mass is 16.6. The van der Waals surface area contributed by atoms with Crippen molar-refractivity contribution in [2.24, 2.45) is 0 Å². The summed E-state index contributed by atoms with van der Waals surface area (Å²) < 4.78 is 10.9.